The topological polar surface area (TPSA) is 69.4 Å². The number of carbonyl (C=O) groups excluding carboxylic acids is 1. The fourth-order valence-electron chi connectivity index (χ4n) is 1.72. The van der Waals surface area contributed by atoms with Crippen LogP contribution in [0.4, 0.5) is 5.69 Å². The van der Waals surface area contributed by atoms with Gasteiger partial charge in [0.25, 0.3) is 5.69 Å². The molecular weight excluding hydrogens is 370 g/mol. The van der Waals surface area contributed by atoms with Crippen molar-refractivity contribution in [3.63, 3.8) is 0 Å². The Balaban J connectivity index is 2.21. The van der Waals surface area contributed by atoms with Crippen LogP contribution in [0.2, 0.25) is 0 Å². The van der Waals surface area contributed by atoms with Crippen LogP contribution in [0.15, 0.2) is 56.7 Å². The normalized spacial score (nSPS) is 10.3. The lowest BCUT2D eigenvalue weighted by molar-refractivity contribution is -0.387. The van der Waals surface area contributed by atoms with Crippen molar-refractivity contribution in [3.05, 3.63) is 62.6 Å². The van der Waals surface area contributed by atoms with Gasteiger partial charge in [0.05, 0.1) is 22.0 Å². The summed E-state index contributed by atoms with van der Waals surface area (Å²) in [5, 5.41) is 11.1. The molecule has 0 saturated carbocycles. The first-order valence-corrected chi connectivity index (χ1v) is 8.01. The molecule has 0 aromatic heterocycles. The second-order valence-electron chi connectivity index (χ2n) is 4.22. The minimum absolute atomic E-state index is 0.0360. The third-order valence-corrected chi connectivity index (χ3v) is 4.28. The molecule has 5 nitrogen and oxygen atoms in total. The highest BCUT2D eigenvalue weighted by atomic mass is 79.9. The number of nitro benzene ring substituents is 1. The quantitative estimate of drug-likeness (QED) is 0.427. The molecule has 0 bridgehead atoms. The highest BCUT2D eigenvalue weighted by molar-refractivity contribution is 9.10. The average molecular weight is 382 g/mol. The monoisotopic (exact) mass is 381 g/mol. The molecule has 0 unspecified atom stereocenters. The lowest BCUT2D eigenvalue weighted by atomic mass is 10.2. The largest absolute Gasteiger partial charge is 0.462 e. The standard InChI is InChI=1S/C15H12BrNO4S/c1-2-21-15(18)10-3-6-12(7-4-10)22-14-8-5-11(16)9-13(14)17(19)20/h3-9H,2H2,1H3. The number of nitro groups is 1. The van der Waals surface area contributed by atoms with E-state index >= 15 is 0 Å². The first-order chi connectivity index (χ1) is 10.5. The number of carbonyl (C=O) groups is 1. The van der Waals surface area contributed by atoms with E-state index in [9.17, 15) is 14.9 Å². The van der Waals surface area contributed by atoms with Crippen molar-refractivity contribution < 1.29 is 14.5 Å². The number of ether oxygens (including phenoxy) is 1. The van der Waals surface area contributed by atoms with Gasteiger partial charge in [-0.05, 0) is 43.3 Å². The zero-order valence-electron chi connectivity index (χ0n) is 11.6. The van der Waals surface area contributed by atoms with E-state index in [1.165, 1.54) is 17.8 Å². The SMILES string of the molecule is CCOC(=O)c1ccc(Sc2ccc(Br)cc2[N+](=O)[O-])cc1. The second kappa shape index (κ2) is 7.42. The highest BCUT2D eigenvalue weighted by Gasteiger charge is 2.15. The highest BCUT2D eigenvalue weighted by Crippen LogP contribution is 2.36. The fourth-order valence-corrected chi connectivity index (χ4v) is 2.97. The molecule has 0 amide bonds. The van der Waals surface area contributed by atoms with E-state index in [0.717, 1.165) is 4.90 Å². The minimum atomic E-state index is -0.417. The number of halogens is 1. The van der Waals surface area contributed by atoms with Crippen molar-refractivity contribution in [2.24, 2.45) is 0 Å². The van der Waals surface area contributed by atoms with Gasteiger partial charge in [0.2, 0.25) is 0 Å². The van der Waals surface area contributed by atoms with Crippen LogP contribution in [0.3, 0.4) is 0 Å². The number of nitrogens with zero attached hydrogens (tertiary/aromatic N) is 1. The summed E-state index contributed by atoms with van der Waals surface area (Å²) in [4.78, 5) is 23.6. The number of rotatable bonds is 5. The summed E-state index contributed by atoms with van der Waals surface area (Å²) in [5.41, 5.74) is 0.491. The van der Waals surface area contributed by atoms with E-state index in [4.69, 9.17) is 4.74 Å². The first kappa shape index (κ1) is 16.5. The van der Waals surface area contributed by atoms with Crippen LogP contribution in [-0.2, 0) is 4.74 Å². The number of hydrogen-bond donors (Lipinski definition) is 0. The van der Waals surface area contributed by atoms with Gasteiger partial charge >= 0.3 is 5.97 Å². The molecule has 0 fully saturated rings. The van der Waals surface area contributed by atoms with Gasteiger partial charge in [-0.2, -0.15) is 0 Å². The maximum absolute atomic E-state index is 11.6. The van der Waals surface area contributed by atoms with Crippen molar-refractivity contribution in [2.75, 3.05) is 6.61 Å². The van der Waals surface area contributed by atoms with E-state index in [2.05, 4.69) is 15.9 Å². The van der Waals surface area contributed by atoms with Crippen molar-refractivity contribution in [3.8, 4) is 0 Å². The first-order valence-electron chi connectivity index (χ1n) is 6.40. The van der Waals surface area contributed by atoms with Gasteiger partial charge in [-0.25, -0.2) is 4.79 Å². The fraction of sp³-hybridized carbons (Fsp3) is 0.133. The lowest BCUT2D eigenvalue weighted by Crippen LogP contribution is -2.03. The molecule has 0 radical (unpaired) electrons. The Morgan fingerprint density at radius 2 is 1.95 bits per heavy atom. The Kier molecular flexibility index (Phi) is 5.57. The molecule has 2 aromatic carbocycles. The van der Waals surface area contributed by atoms with Gasteiger partial charge in [0.15, 0.2) is 0 Å². The lowest BCUT2D eigenvalue weighted by Gasteiger charge is -2.05. The Labute approximate surface area is 140 Å². The Morgan fingerprint density at radius 1 is 1.27 bits per heavy atom. The summed E-state index contributed by atoms with van der Waals surface area (Å²) in [7, 11) is 0. The van der Waals surface area contributed by atoms with E-state index in [-0.39, 0.29) is 11.7 Å². The molecule has 0 aliphatic heterocycles. The van der Waals surface area contributed by atoms with E-state index in [1.54, 1.807) is 43.3 Å². The zero-order chi connectivity index (χ0) is 16.1. The van der Waals surface area contributed by atoms with Crippen molar-refractivity contribution in [1.29, 1.82) is 0 Å². The molecule has 7 heteroatoms. The molecule has 0 saturated heterocycles. The van der Waals surface area contributed by atoms with Gasteiger partial charge in [-0.3, -0.25) is 10.1 Å². The molecule has 22 heavy (non-hydrogen) atoms. The summed E-state index contributed by atoms with van der Waals surface area (Å²) in [5.74, 6) is -0.381. The third kappa shape index (κ3) is 4.08. The smallest absolute Gasteiger partial charge is 0.338 e. The molecule has 114 valence electrons. The predicted octanol–water partition coefficient (Wildman–Crippen LogP) is 4.69. The Bertz CT molecular complexity index is 703. The number of hydrogen-bond acceptors (Lipinski definition) is 5. The molecular formula is C15H12BrNO4S. The van der Waals surface area contributed by atoms with Crippen LogP contribution >= 0.6 is 27.7 Å². The van der Waals surface area contributed by atoms with Crippen LogP contribution in [0.1, 0.15) is 17.3 Å². The van der Waals surface area contributed by atoms with Crippen LogP contribution in [0.5, 0.6) is 0 Å². The van der Waals surface area contributed by atoms with Crippen LogP contribution in [0.25, 0.3) is 0 Å². The molecule has 0 aliphatic rings. The van der Waals surface area contributed by atoms with Gasteiger partial charge < -0.3 is 4.74 Å². The van der Waals surface area contributed by atoms with Crippen LogP contribution in [0, 0.1) is 10.1 Å². The van der Waals surface area contributed by atoms with Crippen LogP contribution < -0.4 is 0 Å². The predicted molar refractivity (Wildman–Crippen MR) is 87.3 cm³/mol. The molecule has 0 aliphatic carbocycles. The van der Waals surface area contributed by atoms with Gasteiger partial charge in [-0.15, -0.1) is 0 Å². The molecule has 0 atom stereocenters. The van der Waals surface area contributed by atoms with E-state index in [1.807, 2.05) is 0 Å². The molecule has 2 aromatic rings. The minimum Gasteiger partial charge on any atom is -0.462 e. The number of benzene rings is 2. The van der Waals surface area contributed by atoms with Crippen molar-refractivity contribution in [2.45, 2.75) is 16.7 Å². The summed E-state index contributed by atoms with van der Waals surface area (Å²) in [6, 6.07) is 11.7. The second-order valence-corrected chi connectivity index (χ2v) is 6.25. The molecule has 0 N–H and O–H groups in total. The van der Waals surface area contributed by atoms with Gasteiger partial charge in [0, 0.05) is 15.4 Å². The molecule has 0 spiro atoms. The number of esters is 1. The Morgan fingerprint density at radius 3 is 2.55 bits per heavy atom. The van der Waals surface area contributed by atoms with Crippen LogP contribution in [-0.4, -0.2) is 17.5 Å². The summed E-state index contributed by atoms with van der Waals surface area (Å²) in [6.07, 6.45) is 0. The Hall–Kier alpha value is -1.86. The molecule has 2 rings (SSSR count). The maximum atomic E-state index is 11.6. The summed E-state index contributed by atoms with van der Waals surface area (Å²) >= 11 is 4.50. The van der Waals surface area contributed by atoms with E-state index in [0.29, 0.717) is 21.5 Å². The zero-order valence-corrected chi connectivity index (χ0v) is 14.0. The maximum Gasteiger partial charge on any atom is 0.338 e. The van der Waals surface area contributed by atoms with Gasteiger partial charge in [-0.1, -0.05) is 27.7 Å². The third-order valence-electron chi connectivity index (χ3n) is 2.71. The molecule has 0 heterocycles. The summed E-state index contributed by atoms with van der Waals surface area (Å²) < 4.78 is 5.56. The van der Waals surface area contributed by atoms with E-state index < -0.39 is 4.92 Å². The van der Waals surface area contributed by atoms with Gasteiger partial charge in [0.1, 0.15) is 0 Å². The summed E-state index contributed by atoms with van der Waals surface area (Å²) in [6.45, 7) is 2.06. The average Bonchev–Trinajstić information content (AvgIpc) is 2.50. The van der Waals surface area contributed by atoms with Crippen molar-refractivity contribution >= 4 is 39.3 Å². The van der Waals surface area contributed by atoms with Crippen molar-refractivity contribution in [1.82, 2.24) is 0 Å².